The van der Waals surface area contributed by atoms with Crippen molar-refractivity contribution in [2.24, 2.45) is 5.73 Å². The van der Waals surface area contributed by atoms with Crippen molar-refractivity contribution >= 4 is 29.1 Å². The van der Waals surface area contributed by atoms with Crippen molar-refractivity contribution in [3.05, 3.63) is 69.2 Å². The fraction of sp³-hybridized carbons (Fsp3) is 0.480. The minimum absolute atomic E-state index is 0.113. The van der Waals surface area contributed by atoms with E-state index in [0.29, 0.717) is 42.5 Å². The zero-order chi connectivity index (χ0) is 22.1. The molecule has 5 heteroatoms. The normalized spacial score (nSPS) is 11.5. The third-order valence-electron chi connectivity index (χ3n) is 5.31. The maximum Gasteiger partial charge on any atom is 0.222 e. The summed E-state index contributed by atoms with van der Waals surface area (Å²) in [6, 6.07) is 14.1. The van der Waals surface area contributed by atoms with Gasteiger partial charge < -0.3 is 10.6 Å². The first-order chi connectivity index (χ1) is 14.2. The van der Waals surface area contributed by atoms with Crippen LogP contribution in [-0.2, 0) is 23.2 Å². The Bertz CT molecular complexity index is 813. The Kier molecular flexibility index (Phi) is 9.67. The zero-order valence-electron chi connectivity index (χ0n) is 18.4. The van der Waals surface area contributed by atoms with E-state index in [0.717, 1.165) is 30.4 Å². The standard InChI is InChI=1S/C25H34Cl2N2O/c1-25(2,3)21-11-8-19(9-12-21)18-29(24(30)7-5-4-6-15-28)16-14-20-10-13-22(26)17-23(20)27/h8-13,17H,4-7,14-16,18,28H2,1-3H3. The largest absolute Gasteiger partial charge is 0.338 e. The van der Waals surface area contributed by atoms with Gasteiger partial charge in [0.05, 0.1) is 0 Å². The number of hydrogen-bond acceptors (Lipinski definition) is 2. The molecule has 0 heterocycles. The lowest BCUT2D eigenvalue weighted by Crippen LogP contribution is -2.32. The molecule has 0 aliphatic heterocycles. The first-order valence-corrected chi connectivity index (χ1v) is 11.5. The van der Waals surface area contributed by atoms with Gasteiger partial charge in [0, 0.05) is 29.6 Å². The van der Waals surface area contributed by atoms with E-state index in [1.807, 2.05) is 17.0 Å². The van der Waals surface area contributed by atoms with E-state index in [2.05, 4.69) is 45.0 Å². The molecule has 0 saturated carbocycles. The molecule has 0 saturated heterocycles. The van der Waals surface area contributed by atoms with Gasteiger partial charge in [0.25, 0.3) is 0 Å². The highest BCUT2D eigenvalue weighted by Crippen LogP contribution is 2.24. The Balaban J connectivity index is 2.08. The maximum absolute atomic E-state index is 12.9. The van der Waals surface area contributed by atoms with Gasteiger partial charge in [-0.2, -0.15) is 0 Å². The Morgan fingerprint density at radius 1 is 1.00 bits per heavy atom. The third kappa shape index (κ3) is 7.94. The second-order valence-corrected chi connectivity index (χ2v) is 9.69. The van der Waals surface area contributed by atoms with Crippen LogP contribution in [0.4, 0.5) is 0 Å². The summed E-state index contributed by atoms with van der Waals surface area (Å²) >= 11 is 12.3. The van der Waals surface area contributed by atoms with E-state index in [4.69, 9.17) is 28.9 Å². The molecule has 2 aromatic carbocycles. The molecule has 0 aliphatic rings. The van der Waals surface area contributed by atoms with Crippen molar-refractivity contribution in [2.45, 2.75) is 64.8 Å². The van der Waals surface area contributed by atoms with Gasteiger partial charge in [0.2, 0.25) is 5.91 Å². The summed E-state index contributed by atoms with van der Waals surface area (Å²) in [6.07, 6.45) is 4.07. The first-order valence-electron chi connectivity index (χ1n) is 10.7. The number of halogens is 2. The van der Waals surface area contributed by atoms with Crippen LogP contribution in [0.1, 0.15) is 63.1 Å². The molecule has 0 atom stereocenters. The molecule has 2 N–H and O–H groups in total. The number of unbranched alkanes of at least 4 members (excludes halogenated alkanes) is 2. The summed E-state index contributed by atoms with van der Waals surface area (Å²) in [5, 5.41) is 1.27. The summed E-state index contributed by atoms with van der Waals surface area (Å²) in [5.74, 6) is 0.178. The van der Waals surface area contributed by atoms with Gasteiger partial charge >= 0.3 is 0 Å². The second kappa shape index (κ2) is 11.7. The Morgan fingerprint density at radius 2 is 1.70 bits per heavy atom. The number of hydrogen-bond donors (Lipinski definition) is 1. The van der Waals surface area contributed by atoms with Gasteiger partial charge in [-0.05, 0) is 60.0 Å². The van der Waals surface area contributed by atoms with E-state index >= 15 is 0 Å². The molecule has 0 aromatic heterocycles. The summed E-state index contributed by atoms with van der Waals surface area (Å²) in [6.45, 7) is 8.51. The molecule has 0 fully saturated rings. The monoisotopic (exact) mass is 448 g/mol. The van der Waals surface area contributed by atoms with Gasteiger partial charge in [-0.25, -0.2) is 0 Å². The number of rotatable bonds is 10. The minimum Gasteiger partial charge on any atom is -0.338 e. The fourth-order valence-corrected chi connectivity index (χ4v) is 3.86. The van der Waals surface area contributed by atoms with E-state index in [1.54, 1.807) is 6.07 Å². The number of benzene rings is 2. The molecule has 0 radical (unpaired) electrons. The molecule has 2 aromatic rings. The van der Waals surface area contributed by atoms with Gasteiger partial charge in [-0.1, -0.05) is 80.7 Å². The van der Waals surface area contributed by atoms with Crippen molar-refractivity contribution in [3.8, 4) is 0 Å². The predicted octanol–water partition coefficient (Wildman–Crippen LogP) is 6.38. The van der Waals surface area contributed by atoms with Crippen molar-refractivity contribution in [1.82, 2.24) is 4.90 Å². The van der Waals surface area contributed by atoms with Crippen LogP contribution in [-0.4, -0.2) is 23.9 Å². The first kappa shape index (κ1) is 24.7. The lowest BCUT2D eigenvalue weighted by molar-refractivity contribution is -0.131. The highest BCUT2D eigenvalue weighted by molar-refractivity contribution is 6.35. The summed E-state index contributed by atoms with van der Waals surface area (Å²) in [7, 11) is 0. The quantitative estimate of drug-likeness (QED) is 0.428. The average molecular weight is 449 g/mol. The number of nitrogens with zero attached hydrogens (tertiary/aromatic N) is 1. The molecule has 164 valence electrons. The van der Waals surface area contributed by atoms with E-state index in [1.165, 1.54) is 5.56 Å². The zero-order valence-corrected chi connectivity index (χ0v) is 19.9. The summed E-state index contributed by atoms with van der Waals surface area (Å²) in [4.78, 5) is 14.9. The van der Waals surface area contributed by atoms with Crippen LogP contribution in [0.15, 0.2) is 42.5 Å². The van der Waals surface area contributed by atoms with Crippen LogP contribution in [0.25, 0.3) is 0 Å². The van der Waals surface area contributed by atoms with Crippen LogP contribution in [0, 0.1) is 0 Å². The minimum atomic E-state index is 0.113. The number of nitrogens with two attached hydrogens (primary N) is 1. The smallest absolute Gasteiger partial charge is 0.222 e. The lowest BCUT2D eigenvalue weighted by Gasteiger charge is -2.24. The second-order valence-electron chi connectivity index (χ2n) is 8.85. The van der Waals surface area contributed by atoms with Gasteiger partial charge in [0.15, 0.2) is 0 Å². The van der Waals surface area contributed by atoms with E-state index < -0.39 is 0 Å². The van der Waals surface area contributed by atoms with Gasteiger partial charge in [0.1, 0.15) is 0 Å². The van der Waals surface area contributed by atoms with Crippen LogP contribution in [0.5, 0.6) is 0 Å². The number of carbonyl (C=O) groups excluding carboxylic acids is 1. The van der Waals surface area contributed by atoms with Crippen LogP contribution < -0.4 is 5.73 Å². The van der Waals surface area contributed by atoms with Crippen molar-refractivity contribution in [1.29, 1.82) is 0 Å². The number of carbonyl (C=O) groups is 1. The predicted molar refractivity (Wildman–Crippen MR) is 128 cm³/mol. The highest BCUT2D eigenvalue weighted by Gasteiger charge is 2.17. The Labute approximate surface area is 191 Å². The van der Waals surface area contributed by atoms with E-state index in [-0.39, 0.29) is 11.3 Å². The topological polar surface area (TPSA) is 46.3 Å². The molecule has 30 heavy (non-hydrogen) atoms. The third-order valence-corrected chi connectivity index (χ3v) is 5.89. The molecule has 1 amide bonds. The van der Waals surface area contributed by atoms with Crippen LogP contribution >= 0.6 is 23.2 Å². The summed E-state index contributed by atoms with van der Waals surface area (Å²) < 4.78 is 0. The Hall–Kier alpha value is -1.55. The molecule has 0 unspecified atom stereocenters. The van der Waals surface area contributed by atoms with Crippen molar-refractivity contribution < 1.29 is 4.79 Å². The molecular formula is C25H34Cl2N2O. The number of amides is 1. The molecule has 0 bridgehead atoms. The Morgan fingerprint density at radius 3 is 2.30 bits per heavy atom. The highest BCUT2D eigenvalue weighted by atomic mass is 35.5. The van der Waals surface area contributed by atoms with Crippen LogP contribution in [0.3, 0.4) is 0 Å². The van der Waals surface area contributed by atoms with Crippen LogP contribution in [0.2, 0.25) is 10.0 Å². The molecule has 0 aliphatic carbocycles. The fourth-order valence-electron chi connectivity index (χ4n) is 3.36. The molecule has 0 spiro atoms. The summed E-state index contributed by atoms with van der Waals surface area (Å²) in [5.41, 5.74) is 9.12. The van der Waals surface area contributed by atoms with Crippen molar-refractivity contribution in [2.75, 3.05) is 13.1 Å². The molecule has 2 rings (SSSR count). The molecule has 3 nitrogen and oxygen atoms in total. The van der Waals surface area contributed by atoms with Gasteiger partial charge in [-0.15, -0.1) is 0 Å². The van der Waals surface area contributed by atoms with E-state index in [9.17, 15) is 4.79 Å². The lowest BCUT2D eigenvalue weighted by atomic mass is 9.87. The average Bonchev–Trinajstić information content (AvgIpc) is 2.69. The van der Waals surface area contributed by atoms with Gasteiger partial charge in [-0.3, -0.25) is 4.79 Å². The molecular weight excluding hydrogens is 415 g/mol. The maximum atomic E-state index is 12.9. The van der Waals surface area contributed by atoms with Crippen molar-refractivity contribution in [3.63, 3.8) is 0 Å². The SMILES string of the molecule is CC(C)(C)c1ccc(CN(CCc2ccc(Cl)cc2Cl)C(=O)CCCCCN)cc1.